The van der Waals surface area contributed by atoms with E-state index < -0.39 is 17.7 Å². The van der Waals surface area contributed by atoms with Crippen LogP contribution in [0.25, 0.3) is 6.08 Å². The summed E-state index contributed by atoms with van der Waals surface area (Å²) >= 11 is 11.7. The summed E-state index contributed by atoms with van der Waals surface area (Å²) in [6, 6.07) is 4.63. The lowest BCUT2D eigenvalue weighted by molar-refractivity contribution is -0.140. The van der Waals surface area contributed by atoms with E-state index in [9.17, 15) is 14.4 Å². The Morgan fingerprint density at radius 2 is 1.77 bits per heavy atom. The van der Waals surface area contributed by atoms with Gasteiger partial charge in [0.1, 0.15) is 0 Å². The van der Waals surface area contributed by atoms with Crippen molar-refractivity contribution in [1.29, 1.82) is 0 Å². The number of benzene rings is 1. The summed E-state index contributed by atoms with van der Waals surface area (Å²) < 4.78 is 0. The quantitative estimate of drug-likeness (QED) is 0.443. The molecule has 1 rings (SSSR count). The van der Waals surface area contributed by atoms with Gasteiger partial charge in [0.05, 0.1) is 0 Å². The molecule has 0 atom stereocenters. The van der Waals surface area contributed by atoms with Gasteiger partial charge in [-0.2, -0.15) is 0 Å². The molecule has 0 bridgehead atoms. The van der Waals surface area contributed by atoms with Crippen LogP contribution in [0.5, 0.6) is 0 Å². The lowest BCUT2D eigenvalue weighted by Crippen LogP contribution is -2.49. The van der Waals surface area contributed by atoms with Crippen molar-refractivity contribution in [3.05, 3.63) is 39.9 Å². The summed E-state index contributed by atoms with van der Waals surface area (Å²) in [5.74, 6) is -2.41. The van der Waals surface area contributed by atoms with Crippen LogP contribution < -0.4 is 16.2 Å². The molecule has 0 aromatic heterocycles. The third-order valence-electron chi connectivity index (χ3n) is 2.30. The van der Waals surface area contributed by atoms with E-state index in [1.165, 1.54) is 6.08 Å². The first-order valence-electron chi connectivity index (χ1n) is 6.33. The Hall–Kier alpha value is -2.05. The van der Waals surface area contributed by atoms with Crippen molar-refractivity contribution in [2.45, 2.75) is 19.9 Å². The topological polar surface area (TPSA) is 87.3 Å². The highest BCUT2D eigenvalue weighted by Crippen LogP contribution is 2.21. The fourth-order valence-corrected chi connectivity index (χ4v) is 1.82. The van der Waals surface area contributed by atoms with Gasteiger partial charge in [0, 0.05) is 22.2 Å². The highest BCUT2D eigenvalue weighted by Gasteiger charge is 2.14. The second-order valence-electron chi connectivity index (χ2n) is 4.57. The third kappa shape index (κ3) is 6.15. The van der Waals surface area contributed by atoms with Crippen molar-refractivity contribution in [1.82, 2.24) is 16.2 Å². The van der Waals surface area contributed by atoms with Gasteiger partial charge < -0.3 is 5.32 Å². The van der Waals surface area contributed by atoms with Crippen molar-refractivity contribution >= 4 is 47.0 Å². The molecule has 118 valence electrons. The molecule has 8 heteroatoms. The summed E-state index contributed by atoms with van der Waals surface area (Å²) in [4.78, 5) is 34.2. The van der Waals surface area contributed by atoms with Crippen LogP contribution >= 0.6 is 23.2 Å². The first kappa shape index (κ1) is 18.0. The predicted molar refractivity (Wildman–Crippen MR) is 85.1 cm³/mol. The van der Waals surface area contributed by atoms with Gasteiger partial charge in [0.25, 0.3) is 5.91 Å². The molecule has 0 saturated carbocycles. The molecule has 1 aromatic rings. The van der Waals surface area contributed by atoms with Crippen molar-refractivity contribution in [3.63, 3.8) is 0 Å². The number of rotatable bonds is 3. The Morgan fingerprint density at radius 1 is 1.09 bits per heavy atom. The van der Waals surface area contributed by atoms with Crippen LogP contribution in [-0.2, 0) is 14.4 Å². The monoisotopic (exact) mass is 343 g/mol. The second kappa shape index (κ2) is 8.41. The number of hydrogen-bond acceptors (Lipinski definition) is 3. The van der Waals surface area contributed by atoms with Gasteiger partial charge in [0.2, 0.25) is 0 Å². The average molecular weight is 344 g/mol. The van der Waals surface area contributed by atoms with E-state index >= 15 is 0 Å². The van der Waals surface area contributed by atoms with E-state index in [4.69, 9.17) is 23.2 Å². The fraction of sp³-hybridized carbons (Fsp3) is 0.214. The van der Waals surface area contributed by atoms with Gasteiger partial charge in [-0.1, -0.05) is 29.3 Å². The Morgan fingerprint density at radius 3 is 2.36 bits per heavy atom. The van der Waals surface area contributed by atoms with Gasteiger partial charge in [-0.05, 0) is 37.6 Å². The maximum atomic E-state index is 11.5. The highest BCUT2D eigenvalue weighted by molar-refractivity contribution is 6.36. The first-order chi connectivity index (χ1) is 10.3. The number of hydrogen-bond donors (Lipinski definition) is 3. The molecular weight excluding hydrogens is 329 g/mol. The van der Waals surface area contributed by atoms with E-state index in [0.717, 1.165) is 6.08 Å². The molecule has 0 aliphatic heterocycles. The molecule has 0 aliphatic carbocycles. The van der Waals surface area contributed by atoms with Crippen molar-refractivity contribution in [2.75, 3.05) is 0 Å². The Labute approximate surface area is 137 Å². The van der Waals surface area contributed by atoms with E-state index in [2.05, 4.69) is 10.7 Å². The maximum Gasteiger partial charge on any atom is 0.327 e. The summed E-state index contributed by atoms with van der Waals surface area (Å²) in [6.07, 6.45) is 2.62. The molecule has 0 aliphatic rings. The van der Waals surface area contributed by atoms with Crippen molar-refractivity contribution < 1.29 is 14.4 Å². The predicted octanol–water partition coefficient (Wildman–Crippen LogP) is 1.68. The molecule has 0 spiro atoms. The Balaban J connectivity index is 2.51. The van der Waals surface area contributed by atoms with Gasteiger partial charge in [-0.3, -0.25) is 25.2 Å². The SMILES string of the molecule is CC(C)NC(=O)C(=O)NNC(=O)/C=C/c1ccc(Cl)cc1Cl. The first-order valence-corrected chi connectivity index (χ1v) is 7.09. The number of amides is 3. The summed E-state index contributed by atoms with van der Waals surface area (Å²) in [7, 11) is 0. The molecule has 0 unspecified atom stereocenters. The second-order valence-corrected chi connectivity index (χ2v) is 5.41. The minimum Gasteiger partial charge on any atom is -0.346 e. The highest BCUT2D eigenvalue weighted by atomic mass is 35.5. The Bertz CT molecular complexity index is 615. The number of nitrogens with one attached hydrogen (secondary N) is 3. The van der Waals surface area contributed by atoms with E-state index in [-0.39, 0.29) is 6.04 Å². The van der Waals surface area contributed by atoms with Crippen LogP contribution in [-0.4, -0.2) is 23.8 Å². The molecular formula is C14H15Cl2N3O3. The van der Waals surface area contributed by atoms with Gasteiger partial charge in [-0.15, -0.1) is 0 Å². The molecule has 6 nitrogen and oxygen atoms in total. The molecule has 0 fully saturated rings. The number of halogens is 2. The summed E-state index contributed by atoms with van der Waals surface area (Å²) in [6.45, 7) is 3.42. The fourth-order valence-electron chi connectivity index (χ4n) is 1.35. The van der Waals surface area contributed by atoms with Gasteiger partial charge in [0.15, 0.2) is 0 Å². The van der Waals surface area contributed by atoms with Crippen LogP contribution in [0.2, 0.25) is 10.0 Å². The van der Waals surface area contributed by atoms with Crippen LogP contribution in [0.1, 0.15) is 19.4 Å². The van der Waals surface area contributed by atoms with Crippen LogP contribution in [0.4, 0.5) is 0 Å². The van der Waals surface area contributed by atoms with Gasteiger partial charge in [-0.25, -0.2) is 0 Å². The maximum absolute atomic E-state index is 11.5. The minimum atomic E-state index is -0.958. The van der Waals surface area contributed by atoms with Crippen molar-refractivity contribution in [2.24, 2.45) is 0 Å². The zero-order valence-electron chi connectivity index (χ0n) is 11.9. The average Bonchev–Trinajstić information content (AvgIpc) is 2.43. The lowest BCUT2D eigenvalue weighted by Gasteiger charge is -2.08. The standard InChI is InChI=1S/C14H15Cl2N3O3/c1-8(2)17-13(21)14(22)19-18-12(20)6-4-9-3-5-10(15)7-11(9)16/h3-8H,1-2H3,(H,17,21)(H,18,20)(H,19,22)/b6-4+. The van der Waals surface area contributed by atoms with Crippen LogP contribution in [0, 0.1) is 0 Å². The van der Waals surface area contributed by atoms with E-state index in [1.54, 1.807) is 32.0 Å². The summed E-state index contributed by atoms with van der Waals surface area (Å²) in [5, 5.41) is 3.25. The van der Waals surface area contributed by atoms with Crippen LogP contribution in [0.15, 0.2) is 24.3 Å². The molecule has 0 heterocycles. The zero-order valence-corrected chi connectivity index (χ0v) is 13.5. The zero-order chi connectivity index (χ0) is 16.7. The molecule has 0 saturated heterocycles. The number of carbonyl (C=O) groups excluding carboxylic acids is 3. The van der Waals surface area contributed by atoms with E-state index in [0.29, 0.717) is 15.6 Å². The van der Waals surface area contributed by atoms with Gasteiger partial charge >= 0.3 is 11.8 Å². The number of hydrazine groups is 1. The lowest BCUT2D eigenvalue weighted by atomic mass is 10.2. The molecule has 0 radical (unpaired) electrons. The molecule has 1 aromatic carbocycles. The molecule has 3 N–H and O–H groups in total. The third-order valence-corrected chi connectivity index (χ3v) is 2.86. The summed E-state index contributed by atoms with van der Waals surface area (Å²) in [5.41, 5.74) is 4.66. The van der Waals surface area contributed by atoms with Crippen molar-refractivity contribution in [3.8, 4) is 0 Å². The minimum absolute atomic E-state index is 0.180. The number of carbonyl (C=O) groups is 3. The molecule has 22 heavy (non-hydrogen) atoms. The van der Waals surface area contributed by atoms with E-state index in [1.807, 2.05) is 5.43 Å². The Kier molecular flexibility index (Phi) is 6.88. The van der Waals surface area contributed by atoms with Crippen LogP contribution in [0.3, 0.4) is 0 Å². The smallest absolute Gasteiger partial charge is 0.327 e. The normalized spacial score (nSPS) is 10.6. The largest absolute Gasteiger partial charge is 0.346 e. The molecule has 3 amide bonds.